The fourth-order valence-corrected chi connectivity index (χ4v) is 3.92. The van der Waals surface area contributed by atoms with Gasteiger partial charge in [-0.05, 0) is 85.5 Å². The largest absolute Gasteiger partial charge is 0.504 e. The van der Waals surface area contributed by atoms with Crippen molar-refractivity contribution >= 4 is 35.7 Å². The molecule has 0 bridgehead atoms. The third kappa shape index (κ3) is 9.45. The molecule has 232 valence electrons. The van der Waals surface area contributed by atoms with E-state index in [1.54, 1.807) is 36.4 Å². The van der Waals surface area contributed by atoms with Crippen LogP contribution in [-0.2, 0) is 6.42 Å². The van der Waals surface area contributed by atoms with E-state index in [4.69, 9.17) is 4.74 Å². The Morgan fingerprint density at radius 1 is 0.689 bits per heavy atom. The number of ether oxygens (including phenoxy) is 1. The molecule has 4 rings (SSSR count). The van der Waals surface area contributed by atoms with Crippen LogP contribution in [-0.4, -0.2) is 37.4 Å². The molecule has 0 saturated carbocycles. The summed E-state index contributed by atoms with van der Waals surface area (Å²) in [5.74, 6) is -0.857. The smallest absolute Gasteiger partial charge is 0.269 e. The van der Waals surface area contributed by atoms with Crippen LogP contribution in [0.15, 0.2) is 84.4 Å². The molecule has 11 heteroatoms. The van der Waals surface area contributed by atoms with Crippen LogP contribution in [0.3, 0.4) is 0 Å². The lowest BCUT2D eigenvalue weighted by molar-refractivity contribution is -0.385. The van der Waals surface area contributed by atoms with Crippen LogP contribution in [0, 0.1) is 20.2 Å². The molecule has 4 aromatic carbocycles. The van der Waals surface area contributed by atoms with Gasteiger partial charge in [0.05, 0.1) is 17.0 Å². The van der Waals surface area contributed by atoms with E-state index in [0.29, 0.717) is 23.3 Å². The average molecular weight is 613 g/mol. The van der Waals surface area contributed by atoms with Crippen LogP contribution in [0.1, 0.15) is 41.7 Å². The van der Waals surface area contributed by atoms with Gasteiger partial charge in [-0.2, -0.15) is 0 Å². The van der Waals surface area contributed by atoms with Crippen LogP contribution < -0.4 is 4.74 Å². The molecule has 0 aliphatic carbocycles. The zero-order chi connectivity index (χ0) is 33.1. The second kappa shape index (κ2) is 15.4. The van der Waals surface area contributed by atoms with Crippen molar-refractivity contribution < 1.29 is 35.0 Å². The highest BCUT2D eigenvalue weighted by Crippen LogP contribution is 2.38. The Labute approximate surface area is 259 Å². The van der Waals surface area contributed by atoms with Gasteiger partial charge in [-0.15, -0.1) is 0 Å². The third-order valence-electron chi connectivity index (χ3n) is 6.42. The number of phenolic OH excluding ortho intramolecular Hbond substituents is 4. The van der Waals surface area contributed by atoms with E-state index in [0.717, 1.165) is 16.7 Å². The number of nitrogens with zero attached hydrogens (tertiary/aromatic N) is 2. The number of benzene rings is 4. The van der Waals surface area contributed by atoms with Crippen LogP contribution in [0.2, 0.25) is 0 Å². The Morgan fingerprint density at radius 2 is 1.20 bits per heavy atom. The molecule has 0 radical (unpaired) electrons. The van der Waals surface area contributed by atoms with Gasteiger partial charge in [0.25, 0.3) is 11.4 Å². The number of non-ortho nitro benzene ring substituents is 2. The maximum atomic E-state index is 10.7. The maximum Gasteiger partial charge on any atom is 0.269 e. The molecule has 0 aromatic heterocycles. The van der Waals surface area contributed by atoms with Crippen molar-refractivity contribution in [2.45, 2.75) is 20.3 Å². The number of nitro benzene ring substituents is 2. The van der Waals surface area contributed by atoms with Gasteiger partial charge in [0.15, 0.2) is 23.0 Å². The minimum atomic E-state index is -0.587. The van der Waals surface area contributed by atoms with E-state index in [9.17, 15) is 40.7 Å². The molecule has 0 amide bonds. The number of aromatic hydroxyl groups is 4. The number of allylic oxidation sites excluding steroid dienone is 2. The first-order valence-electron chi connectivity index (χ1n) is 13.5. The molecule has 45 heavy (non-hydrogen) atoms. The zero-order valence-electron chi connectivity index (χ0n) is 24.7. The topological polar surface area (TPSA) is 176 Å². The third-order valence-corrected chi connectivity index (χ3v) is 6.42. The molecule has 0 aliphatic heterocycles. The molecule has 0 atom stereocenters. The SMILES string of the molecule is COc1cc(C=Cc2ccc([N+](=O)[O-])cc2)cc(CC=C(C)C)c1O.O=[N+]([O-])c1ccc(C=Cc2ccc(O)c(O)c2O)cc1. The lowest BCUT2D eigenvalue weighted by atomic mass is 10.0. The maximum absolute atomic E-state index is 10.7. The predicted molar refractivity (Wildman–Crippen MR) is 173 cm³/mol. The highest BCUT2D eigenvalue weighted by Gasteiger charge is 2.10. The van der Waals surface area contributed by atoms with Gasteiger partial charge in [-0.3, -0.25) is 20.2 Å². The fourth-order valence-electron chi connectivity index (χ4n) is 3.92. The molecule has 4 aromatic rings. The summed E-state index contributed by atoms with van der Waals surface area (Å²) in [7, 11) is 1.52. The fraction of sp³-hybridized carbons (Fsp3) is 0.118. The van der Waals surface area contributed by atoms with Gasteiger partial charge >= 0.3 is 0 Å². The van der Waals surface area contributed by atoms with E-state index in [1.807, 2.05) is 38.1 Å². The van der Waals surface area contributed by atoms with Crippen LogP contribution in [0.4, 0.5) is 11.4 Å². The number of hydrogen-bond acceptors (Lipinski definition) is 9. The monoisotopic (exact) mass is 612 g/mol. The summed E-state index contributed by atoms with van der Waals surface area (Å²) in [5, 5.41) is 59.6. The van der Waals surface area contributed by atoms with E-state index in [1.165, 1.54) is 55.2 Å². The first kappa shape index (κ1) is 33.4. The van der Waals surface area contributed by atoms with E-state index >= 15 is 0 Å². The average Bonchev–Trinajstić information content (AvgIpc) is 3.02. The quantitative estimate of drug-likeness (QED) is 0.0481. The summed E-state index contributed by atoms with van der Waals surface area (Å²) < 4.78 is 5.25. The Balaban J connectivity index is 0.000000251. The first-order valence-corrected chi connectivity index (χ1v) is 13.5. The van der Waals surface area contributed by atoms with Crippen LogP contribution in [0.25, 0.3) is 24.3 Å². The highest BCUT2D eigenvalue weighted by atomic mass is 16.6. The normalized spacial score (nSPS) is 10.7. The van der Waals surface area contributed by atoms with Crippen molar-refractivity contribution in [2.75, 3.05) is 7.11 Å². The summed E-state index contributed by atoms with van der Waals surface area (Å²) in [5.41, 5.74) is 4.75. The van der Waals surface area contributed by atoms with Crippen LogP contribution in [0.5, 0.6) is 28.7 Å². The number of methoxy groups -OCH3 is 1. The lowest BCUT2D eigenvalue weighted by Crippen LogP contribution is -1.91. The van der Waals surface area contributed by atoms with Gasteiger partial charge in [-0.1, -0.05) is 36.0 Å². The second-order valence-corrected chi connectivity index (χ2v) is 9.95. The molecule has 0 spiro atoms. The number of rotatable bonds is 9. The summed E-state index contributed by atoms with van der Waals surface area (Å²) >= 11 is 0. The van der Waals surface area contributed by atoms with Crippen molar-refractivity contribution in [1.82, 2.24) is 0 Å². The minimum Gasteiger partial charge on any atom is -0.504 e. The van der Waals surface area contributed by atoms with E-state index in [-0.39, 0.29) is 17.1 Å². The van der Waals surface area contributed by atoms with Crippen molar-refractivity contribution in [1.29, 1.82) is 0 Å². The van der Waals surface area contributed by atoms with E-state index in [2.05, 4.69) is 0 Å². The van der Waals surface area contributed by atoms with Gasteiger partial charge < -0.3 is 25.2 Å². The Kier molecular flexibility index (Phi) is 11.4. The van der Waals surface area contributed by atoms with Crippen molar-refractivity contribution in [3.05, 3.63) is 132 Å². The molecule has 0 saturated heterocycles. The molecule has 11 nitrogen and oxygen atoms in total. The molecular weight excluding hydrogens is 580 g/mol. The highest BCUT2D eigenvalue weighted by molar-refractivity contribution is 5.75. The van der Waals surface area contributed by atoms with Gasteiger partial charge in [0.1, 0.15) is 0 Å². The molecule has 0 fully saturated rings. The molecule has 0 aliphatic rings. The lowest BCUT2D eigenvalue weighted by Gasteiger charge is -2.10. The van der Waals surface area contributed by atoms with Gasteiger partial charge in [-0.25, -0.2) is 0 Å². The standard InChI is InChI=1S/C20H21NO4.C14H11NO5/c1-14(2)4-9-17-12-16(13-19(25-3)20(17)22)6-5-15-7-10-18(11-8-15)21(23)24;16-12-8-5-10(13(17)14(12)18)4-1-9-2-6-11(7-3-9)15(19)20/h4-8,10-13,22H,9H2,1-3H3;1-8,16-18H. The summed E-state index contributed by atoms with van der Waals surface area (Å²) in [6, 6.07) is 18.5. The Bertz CT molecular complexity index is 1750. The molecular formula is C34H32N2O9. The Morgan fingerprint density at radius 3 is 1.69 bits per heavy atom. The van der Waals surface area contributed by atoms with E-state index < -0.39 is 27.1 Å². The van der Waals surface area contributed by atoms with Gasteiger partial charge in [0.2, 0.25) is 5.75 Å². The predicted octanol–water partition coefficient (Wildman–Crippen LogP) is 7.87. The number of hydrogen-bond donors (Lipinski definition) is 4. The summed E-state index contributed by atoms with van der Waals surface area (Å²) in [6.45, 7) is 4.01. The summed E-state index contributed by atoms with van der Waals surface area (Å²) in [4.78, 5) is 20.3. The van der Waals surface area contributed by atoms with Crippen molar-refractivity contribution in [3.8, 4) is 28.7 Å². The van der Waals surface area contributed by atoms with Crippen molar-refractivity contribution in [2.24, 2.45) is 0 Å². The Hall–Kier alpha value is -6.10. The second-order valence-electron chi connectivity index (χ2n) is 9.95. The van der Waals surface area contributed by atoms with Gasteiger partial charge in [0, 0.05) is 35.4 Å². The first-order chi connectivity index (χ1) is 21.4. The minimum absolute atomic E-state index is 0.00715. The van der Waals surface area contributed by atoms with Crippen LogP contribution >= 0.6 is 0 Å². The molecule has 0 unspecified atom stereocenters. The molecule has 4 N–H and O–H groups in total. The molecule has 0 heterocycles. The number of phenols is 4. The van der Waals surface area contributed by atoms with Crippen molar-refractivity contribution in [3.63, 3.8) is 0 Å². The zero-order valence-corrected chi connectivity index (χ0v) is 24.7. The summed E-state index contributed by atoms with van der Waals surface area (Å²) in [6.07, 6.45) is 9.54. The number of nitro groups is 2.